The number of para-hydroxylation sites is 4. The van der Waals surface area contributed by atoms with Crippen molar-refractivity contribution in [2.45, 2.75) is 0 Å². The first-order chi connectivity index (χ1) is 37.7. The van der Waals surface area contributed by atoms with Crippen molar-refractivity contribution in [3.8, 4) is 67.9 Å². The van der Waals surface area contributed by atoms with E-state index in [2.05, 4.69) is 209 Å². The highest BCUT2D eigenvalue weighted by atomic mass is 32.1. The van der Waals surface area contributed by atoms with Crippen LogP contribution < -0.4 is 0 Å². The summed E-state index contributed by atoms with van der Waals surface area (Å²) in [7, 11) is 0. The van der Waals surface area contributed by atoms with Crippen molar-refractivity contribution in [1.82, 2.24) is 29.1 Å². The molecule has 354 valence electrons. The Morgan fingerprint density at radius 2 is 0.737 bits per heavy atom. The van der Waals surface area contributed by atoms with Crippen molar-refractivity contribution in [2.75, 3.05) is 0 Å². The molecule has 8 heteroatoms. The predicted octanol–water partition coefficient (Wildman–Crippen LogP) is 18.5. The molecule has 16 rings (SSSR count). The molecule has 0 aliphatic carbocycles. The molecule has 0 radical (unpaired) electrons. The molecule has 16 aromatic rings. The van der Waals surface area contributed by atoms with E-state index in [-0.39, 0.29) is 0 Å². The Bertz CT molecular complexity index is 4920. The first-order valence-electron chi connectivity index (χ1n) is 25.4. The highest BCUT2D eigenvalue weighted by Crippen LogP contribution is 2.47. The number of aromatic nitrogens is 6. The average molecular weight is 1010 g/mol. The van der Waals surface area contributed by atoms with Crippen molar-refractivity contribution in [1.29, 1.82) is 0 Å². The molecule has 0 N–H and O–H groups in total. The molecule has 0 aliphatic heterocycles. The SMILES string of the molecule is c1ccc(-c2nc(-c3ccccc3)nc(-c3cc(-c4ccc5c(c4)sc4c5ccc5c4c4ccccc4n5-c4ccccc4)cnc3-c3ccc4c(c3)sc3c4ccc4c3c3ccccc3n4-c3ccccc3)n2)cc1. The number of fused-ring (bicyclic) bond motifs is 14. The summed E-state index contributed by atoms with van der Waals surface area (Å²) in [5.41, 5.74) is 13.6. The van der Waals surface area contributed by atoms with Crippen molar-refractivity contribution >= 4 is 107 Å². The molecule has 0 atom stereocenters. The third-order valence-corrected chi connectivity index (χ3v) is 17.4. The van der Waals surface area contributed by atoms with Gasteiger partial charge in [0, 0.05) is 107 Å². The summed E-state index contributed by atoms with van der Waals surface area (Å²) in [4.78, 5) is 21.1. The minimum atomic E-state index is 0.559. The fraction of sp³-hybridized carbons (Fsp3) is 0. The monoisotopic (exact) mass is 1000 g/mol. The van der Waals surface area contributed by atoms with Gasteiger partial charge in [-0.25, -0.2) is 15.0 Å². The molecule has 0 saturated carbocycles. The summed E-state index contributed by atoms with van der Waals surface area (Å²) in [6.45, 7) is 0. The molecular formula is C68H40N6S2. The van der Waals surface area contributed by atoms with E-state index < -0.39 is 0 Å². The lowest BCUT2D eigenvalue weighted by atomic mass is 9.98. The minimum Gasteiger partial charge on any atom is -0.309 e. The summed E-state index contributed by atoms with van der Waals surface area (Å²) in [5, 5.41) is 10.0. The number of thiophene rings is 2. The van der Waals surface area contributed by atoms with Crippen molar-refractivity contribution < 1.29 is 0 Å². The normalized spacial score (nSPS) is 11.9. The van der Waals surface area contributed by atoms with Gasteiger partial charge in [-0.15, -0.1) is 22.7 Å². The van der Waals surface area contributed by atoms with Crippen LogP contribution in [0.4, 0.5) is 0 Å². The van der Waals surface area contributed by atoms with Gasteiger partial charge < -0.3 is 9.13 Å². The topological polar surface area (TPSA) is 61.4 Å². The van der Waals surface area contributed by atoms with E-state index in [1.165, 1.54) is 84.0 Å². The Balaban J connectivity index is 0.895. The smallest absolute Gasteiger partial charge is 0.166 e. The highest BCUT2D eigenvalue weighted by Gasteiger charge is 2.23. The summed E-state index contributed by atoms with van der Waals surface area (Å²) < 4.78 is 9.76. The second-order valence-corrected chi connectivity index (χ2v) is 21.4. The number of rotatable bonds is 7. The van der Waals surface area contributed by atoms with E-state index in [9.17, 15) is 0 Å². The number of nitrogens with zero attached hydrogens (tertiary/aromatic N) is 6. The number of hydrogen-bond acceptors (Lipinski definition) is 6. The average Bonchev–Trinajstić information content (AvgIpc) is 4.26. The van der Waals surface area contributed by atoms with Crippen LogP contribution in [-0.2, 0) is 0 Å². The molecule has 6 nitrogen and oxygen atoms in total. The van der Waals surface area contributed by atoms with E-state index in [4.69, 9.17) is 19.9 Å². The largest absolute Gasteiger partial charge is 0.309 e. The molecule has 0 fully saturated rings. The van der Waals surface area contributed by atoms with Crippen LogP contribution >= 0.6 is 22.7 Å². The van der Waals surface area contributed by atoms with Gasteiger partial charge in [-0.2, -0.15) is 0 Å². The van der Waals surface area contributed by atoms with Crippen molar-refractivity contribution in [3.05, 3.63) is 243 Å². The first-order valence-corrected chi connectivity index (χ1v) is 27.1. The van der Waals surface area contributed by atoms with E-state index in [1.54, 1.807) is 0 Å². The molecule has 6 aromatic heterocycles. The van der Waals surface area contributed by atoms with Crippen LogP contribution in [0.1, 0.15) is 0 Å². The van der Waals surface area contributed by atoms with Crippen LogP contribution in [0.15, 0.2) is 243 Å². The second kappa shape index (κ2) is 17.0. The van der Waals surface area contributed by atoms with Gasteiger partial charge in [0.25, 0.3) is 0 Å². The van der Waals surface area contributed by atoms with Crippen LogP contribution in [0.3, 0.4) is 0 Å². The van der Waals surface area contributed by atoms with Gasteiger partial charge in [-0.1, -0.05) is 170 Å². The van der Waals surface area contributed by atoms with Gasteiger partial charge in [-0.3, -0.25) is 4.98 Å². The molecule has 6 heterocycles. The van der Waals surface area contributed by atoms with Crippen LogP contribution in [0, 0.1) is 0 Å². The highest BCUT2D eigenvalue weighted by molar-refractivity contribution is 7.27. The van der Waals surface area contributed by atoms with Crippen LogP contribution in [0.2, 0.25) is 0 Å². The molecule has 0 aliphatic rings. The van der Waals surface area contributed by atoms with Gasteiger partial charge in [-0.05, 0) is 72.3 Å². The standard InChI is InChI=1S/C68H40N6S2/c1-5-17-41(18-6-1)66-70-67(42-19-7-2-8-20-42)72-68(71-66)54-37-45(43-29-31-48-50-33-35-57-61(64(50)75-59(48)38-43)52-25-13-15-27-55(52)73(57)46-21-9-3-10-22-46)40-69-63(54)44-30-32-49-51-34-36-58-62(65(51)76-60(49)39-44)53-26-14-16-28-56(53)74(58)47-23-11-4-12-24-47/h1-40H. The minimum absolute atomic E-state index is 0.559. The molecule has 76 heavy (non-hydrogen) atoms. The summed E-state index contributed by atoms with van der Waals surface area (Å²) in [5.74, 6) is 1.77. The number of benzene rings is 10. The maximum absolute atomic E-state index is 5.43. The van der Waals surface area contributed by atoms with E-state index in [0.29, 0.717) is 17.5 Å². The van der Waals surface area contributed by atoms with Gasteiger partial charge in [0.2, 0.25) is 0 Å². The molecule has 0 bridgehead atoms. The fourth-order valence-corrected chi connectivity index (χ4v) is 14.2. The quantitative estimate of drug-likeness (QED) is 0.160. The van der Waals surface area contributed by atoms with Gasteiger partial charge in [0.1, 0.15) is 0 Å². The summed E-state index contributed by atoms with van der Waals surface area (Å²) in [6.07, 6.45) is 2.02. The van der Waals surface area contributed by atoms with Gasteiger partial charge in [0.05, 0.1) is 27.8 Å². The van der Waals surface area contributed by atoms with Crippen molar-refractivity contribution in [3.63, 3.8) is 0 Å². The predicted molar refractivity (Wildman–Crippen MR) is 319 cm³/mol. The van der Waals surface area contributed by atoms with E-state index in [1.807, 2.05) is 65.3 Å². The van der Waals surface area contributed by atoms with E-state index in [0.717, 1.165) is 50.4 Å². The molecule has 0 spiro atoms. The van der Waals surface area contributed by atoms with Crippen molar-refractivity contribution in [2.24, 2.45) is 0 Å². The Morgan fingerprint density at radius 3 is 1.26 bits per heavy atom. The Labute approximate surface area is 443 Å². The molecule has 10 aromatic carbocycles. The van der Waals surface area contributed by atoms with E-state index >= 15 is 0 Å². The second-order valence-electron chi connectivity index (χ2n) is 19.3. The molecule has 0 saturated heterocycles. The maximum atomic E-state index is 5.43. The van der Waals surface area contributed by atoms with Crippen LogP contribution in [0.25, 0.3) is 152 Å². The number of hydrogen-bond donors (Lipinski definition) is 0. The first kappa shape index (κ1) is 42.9. The third kappa shape index (κ3) is 6.64. The molecular weight excluding hydrogens is 965 g/mol. The lowest BCUT2D eigenvalue weighted by Gasteiger charge is -2.13. The van der Waals surface area contributed by atoms with Crippen LogP contribution in [-0.4, -0.2) is 29.1 Å². The van der Waals surface area contributed by atoms with Crippen LogP contribution in [0.5, 0.6) is 0 Å². The zero-order valence-electron chi connectivity index (χ0n) is 40.6. The zero-order chi connectivity index (χ0) is 49.8. The molecule has 0 unspecified atom stereocenters. The number of pyridine rings is 1. The Hall–Kier alpha value is -9.60. The maximum Gasteiger partial charge on any atom is 0.166 e. The van der Waals surface area contributed by atoms with Gasteiger partial charge in [0.15, 0.2) is 17.5 Å². The summed E-state index contributed by atoms with van der Waals surface area (Å²) in [6, 6.07) is 84.3. The summed E-state index contributed by atoms with van der Waals surface area (Å²) >= 11 is 3.71. The lowest BCUT2D eigenvalue weighted by Crippen LogP contribution is -2.02. The third-order valence-electron chi connectivity index (χ3n) is 15.0. The van der Waals surface area contributed by atoms with Gasteiger partial charge >= 0.3 is 0 Å². The lowest BCUT2D eigenvalue weighted by molar-refractivity contribution is 1.07. The Kier molecular flexibility index (Phi) is 9.57. The fourth-order valence-electron chi connectivity index (χ4n) is 11.6. The Morgan fingerprint density at radius 1 is 0.303 bits per heavy atom. The zero-order valence-corrected chi connectivity index (χ0v) is 42.2. The molecule has 0 amide bonds.